The molecule has 1 fully saturated rings. The number of nitrogens with one attached hydrogen (secondary N) is 1. The van der Waals surface area contributed by atoms with E-state index in [1.807, 2.05) is 6.07 Å². The van der Waals surface area contributed by atoms with Crippen molar-refractivity contribution in [3.63, 3.8) is 0 Å². The van der Waals surface area contributed by atoms with Crippen LogP contribution in [0.15, 0.2) is 18.2 Å². The van der Waals surface area contributed by atoms with E-state index < -0.39 is 5.97 Å². The second-order valence-corrected chi connectivity index (χ2v) is 4.00. The highest BCUT2D eigenvalue weighted by molar-refractivity contribution is 5.96. The van der Waals surface area contributed by atoms with Gasteiger partial charge in [-0.25, -0.2) is 4.79 Å². The Bertz CT molecular complexity index is 414. The van der Waals surface area contributed by atoms with Crippen molar-refractivity contribution >= 4 is 17.3 Å². The van der Waals surface area contributed by atoms with E-state index in [-0.39, 0.29) is 0 Å². The summed E-state index contributed by atoms with van der Waals surface area (Å²) in [5.41, 5.74) is 7.38. The number of hydrogen-bond acceptors (Lipinski definition) is 5. The monoisotopic (exact) mass is 236 g/mol. The molecule has 3 N–H and O–H groups in total. The number of carbonyl (C=O) groups is 1. The molecule has 1 saturated heterocycles. The molecule has 1 atom stereocenters. The number of rotatable bonds is 3. The number of hydrogen-bond donors (Lipinski definition) is 2. The first-order valence-electron chi connectivity index (χ1n) is 5.53. The van der Waals surface area contributed by atoms with E-state index in [0.29, 0.717) is 23.9 Å². The number of nitrogen functional groups attached to an aromatic ring is 1. The molecule has 0 aliphatic carbocycles. The van der Waals surface area contributed by atoms with E-state index >= 15 is 0 Å². The van der Waals surface area contributed by atoms with E-state index in [0.717, 1.165) is 18.7 Å². The van der Waals surface area contributed by atoms with Crippen LogP contribution in [0.25, 0.3) is 0 Å². The lowest BCUT2D eigenvalue weighted by Gasteiger charge is -2.13. The smallest absolute Gasteiger partial charge is 0.340 e. The number of carbonyl (C=O) groups excluding carboxylic acids is 1. The minimum absolute atomic E-state index is 0.295. The summed E-state index contributed by atoms with van der Waals surface area (Å²) in [5.74, 6) is -0.422. The van der Waals surface area contributed by atoms with Gasteiger partial charge in [-0.15, -0.1) is 0 Å². The molecule has 17 heavy (non-hydrogen) atoms. The zero-order valence-electron chi connectivity index (χ0n) is 9.73. The average molecular weight is 236 g/mol. The molecule has 2 rings (SSSR count). The summed E-state index contributed by atoms with van der Waals surface area (Å²) in [7, 11) is 1.34. The molecule has 0 spiro atoms. The van der Waals surface area contributed by atoms with Gasteiger partial charge in [0.2, 0.25) is 0 Å². The molecule has 1 aromatic carbocycles. The van der Waals surface area contributed by atoms with Crippen LogP contribution in [-0.4, -0.2) is 32.3 Å². The largest absolute Gasteiger partial charge is 0.465 e. The Labute approximate surface area is 99.9 Å². The van der Waals surface area contributed by atoms with Crippen molar-refractivity contribution in [2.75, 3.05) is 31.4 Å². The summed E-state index contributed by atoms with van der Waals surface area (Å²) in [4.78, 5) is 11.5. The maximum atomic E-state index is 11.5. The summed E-state index contributed by atoms with van der Waals surface area (Å²) in [6, 6.07) is 5.55. The van der Waals surface area contributed by atoms with Crippen LogP contribution in [0.1, 0.15) is 16.8 Å². The molecular formula is C12H16N2O3. The van der Waals surface area contributed by atoms with Crippen molar-refractivity contribution in [1.29, 1.82) is 0 Å². The van der Waals surface area contributed by atoms with Crippen molar-refractivity contribution in [3.05, 3.63) is 23.8 Å². The van der Waals surface area contributed by atoms with Gasteiger partial charge in [-0.3, -0.25) is 0 Å². The van der Waals surface area contributed by atoms with E-state index in [1.54, 1.807) is 12.1 Å². The lowest BCUT2D eigenvalue weighted by molar-refractivity contribution is 0.0602. The summed E-state index contributed by atoms with van der Waals surface area (Å²) < 4.78 is 9.94. The van der Waals surface area contributed by atoms with Crippen molar-refractivity contribution < 1.29 is 14.3 Å². The van der Waals surface area contributed by atoms with Gasteiger partial charge in [0, 0.05) is 18.0 Å². The van der Waals surface area contributed by atoms with Gasteiger partial charge in [0.25, 0.3) is 0 Å². The fraction of sp³-hybridized carbons (Fsp3) is 0.417. The zero-order chi connectivity index (χ0) is 12.3. The lowest BCUT2D eigenvalue weighted by Crippen LogP contribution is -2.19. The molecule has 92 valence electrons. The average Bonchev–Trinajstić information content (AvgIpc) is 2.83. The van der Waals surface area contributed by atoms with Gasteiger partial charge >= 0.3 is 5.97 Å². The van der Waals surface area contributed by atoms with Gasteiger partial charge in [0.15, 0.2) is 0 Å². The second kappa shape index (κ2) is 5.05. The van der Waals surface area contributed by atoms with Crippen LogP contribution in [0, 0.1) is 0 Å². The molecule has 1 unspecified atom stereocenters. The first-order chi connectivity index (χ1) is 8.20. The lowest BCUT2D eigenvalue weighted by atomic mass is 10.1. The van der Waals surface area contributed by atoms with Crippen molar-refractivity contribution in [1.82, 2.24) is 0 Å². The normalized spacial score (nSPS) is 19.0. The summed E-state index contributed by atoms with van der Waals surface area (Å²) >= 11 is 0. The predicted octanol–water partition coefficient (Wildman–Crippen LogP) is 1.26. The summed E-state index contributed by atoms with van der Waals surface area (Å²) in [5, 5.41) is 3.30. The summed E-state index contributed by atoms with van der Waals surface area (Å²) in [6.45, 7) is 1.47. The van der Waals surface area contributed by atoms with Crippen molar-refractivity contribution in [3.8, 4) is 0 Å². The minimum atomic E-state index is -0.422. The highest BCUT2D eigenvalue weighted by Gasteiger charge is 2.16. The fourth-order valence-electron chi connectivity index (χ4n) is 1.82. The molecule has 5 nitrogen and oxygen atoms in total. The molecule has 1 aliphatic rings. The number of anilines is 2. The van der Waals surface area contributed by atoms with Gasteiger partial charge < -0.3 is 20.5 Å². The summed E-state index contributed by atoms with van der Waals surface area (Å²) in [6.07, 6.45) is 0.970. The van der Waals surface area contributed by atoms with Crippen LogP contribution in [0.2, 0.25) is 0 Å². The van der Waals surface area contributed by atoms with E-state index in [4.69, 9.17) is 10.5 Å². The molecule has 0 aromatic heterocycles. The molecule has 1 aliphatic heterocycles. The quantitative estimate of drug-likeness (QED) is 0.610. The van der Waals surface area contributed by atoms with Gasteiger partial charge in [0.05, 0.1) is 25.3 Å². The van der Waals surface area contributed by atoms with E-state index in [2.05, 4.69) is 10.1 Å². The number of esters is 1. The van der Waals surface area contributed by atoms with Gasteiger partial charge in [-0.1, -0.05) is 0 Å². The maximum Gasteiger partial charge on any atom is 0.340 e. The molecule has 0 radical (unpaired) electrons. The molecule has 1 aromatic rings. The van der Waals surface area contributed by atoms with Crippen LogP contribution in [-0.2, 0) is 9.47 Å². The molecular weight excluding hydrogens is 220 g/mol. The standard InChI is InChI=1S/C12H16N2O3/c1-16-12(15)10-6-8(2-3-11(10)13)14-9-4-5-17-7-9/h2-3,6,9,14H,4-5,7,13H2,1H3. The first kappa shape index (κ1) is 11.7. The third-order valence-corrected chi connectivity index (χ3v) is 2.76. The molecule has 5 heteroatoms. The third-order valence-electron chi connectivity index (χ3n) is 2.76. The predicted molar refractivity (Wildman–Crippen MR) is 65.0 cm³/mol. The second-order valence-electron chi connectivity index (χ2n) is 4.00. The van der Waals surface area contributed by atoms with Crippen molar-refractivity contribution in [2.24, 2.45) is 0 Å². The number of methoxy groups -OCH3 is 1. The Morgan fingerprint density at radius 3 is 3.06 bits per heavy atom. The van der Waals surface area contributed by atoms with Crippen LogP contribution in [0.4, 0.5) is 11.4 Å². The van der Waals surface area contributed by atoms with Gasteiger partial charge in [-0.2, -0.15) is 0 Å². The minimum Gasteiger partial charge on any atom is -0.465 e. The highest BCUT2D eigenvalue weighted by Crippen LogP contribution is 2.20. The Balaban J connectivity index is 2.15. The SMILES string of the molecule is COC(=O)c1cc(NC2CCOC2)ccc1N. The molecule has 0 bridgehead atoms. The van der Waals surface area contributed by atoms with E-state index in [9.17, 15) is 4.79 Å². The van der Waals surface area contributed by atoms with Crippen LogP contribution >= 0.6 is 0 Å². The Morgan fingerprint density at radius 1 is 1.59 bits per heavy atom. The number of ether oxygens (including phenoxy) is 2. The maximum absolute atomic E-state index is 11.5. The van der Waals surface area contributed by atoms with Crippen LogP contribution < -0.4 is 11.1 Å². The topological polar surface area (TPSA) is 73.6 Å². The van der Waals surface area contributed by atoms with Gasteiger partial charge in [0.1, 0.15) is 0 Å². The molecule has 0 saturated carbocycles. The fourth-order valence-corrected chi connectivity index (χ4v) is 1.82. The van der Waals surface area contributed by atoms with Crippen LogP contribution in [0.5, 0.6) is 0 Å². The Morgan fingerprint density at radius 2 is 2.41 bits per heavy atom. The highest BCUT2D eigenvalue weighted by atomic mass is 16.5. The zero-order valence-corrected chi connectivity index (χ0v) is 9.73. The van der Waals surface area contributed by atoms with Gasteiger partial charge in [-0.05, 0) is 24.6 Å². The first-order valence-corrected chi connectivity index (χ1v) is 5.53. The van der Waals surface area contributed by atoms with Crippen LogP contribution in [0.3, 0.4) is 0 Å². The number of benzene rings is 1. The van der Waals surface area contributed by atoms with E-state index in [1.165, 1.54) is 7.11 Å². The third kappa shape index (κ3) is 2.68. The number of nitrogens with two attached hydrogens (primary N) is 1. The van der Waals surface area contributed by atoms with Crippen molar-refractivity contribution in [2.45, 2.75) is 12.5 Å². The molecule has 0 amide bonds. The Hall–Kier alpha value is -1.75. The Kier molecular flexibility index (Phi) is 3.49. The molecule has 1 heterocycles.